The molecule has 0 amide bonds. The van der Waals surface area contributed by atoms with Crippen molar-refractivity contribution in [1.29, 1.82) is 0 Å². The number of allylic oxidation sites excluding steroid dienone is 12. The monoisotopic (exact) mass is 960 g/mol. The third-order valence-electron chi connectivity index (χ3n) is 11.6. The first-order valence-corrected chi connectivity index (χ1v) is 28.9. The lowest BCUT2D eigenvalue weighted by Crippen LogP contribution is -2.29. The molecule has 0 aromatic rings. The molecule has 0 aromatic heterocycles. The minimum Gasteiger partial charge on any atom is -0.462 e. The molecule has 2 atom stereocenters. The van der Waals surface area contributed by atoms with Gasteiger partial charge in [0.2, 0.25) is 0 Å². The van der Waals surface area contributed by atoms with E-state index >= 15 is 0 Å². The lowest BCUT2D eigenvalue weighted by atomic mass is 10.0. The van der Waals surface area contributed by atoms with Crippen LogP contribution in [0.1, 0.15) is 245 Å². The van der Waals surface area contributed by atoms with Gasteiger partial charge < -0.3 is 20.1 Å². The molecule has 0 aliphatic heterocycles. The van der Waals surface area contributed by atoms with E-state index in [2.05, 4.69) is 86.8 Å². The van der Waals surface area contributed by atoms with Crippen molar-refractivity contribution in [1.82, 2.24) is 0 Å². The van der Waals surface area contributed by atoms with E-state index in [4.69, 9.17) is 24.3 Å². The highest BCUT2D eigenvalue weighted by atomic mass is 31.2. The van der Waals surface area contributed by atoms with Crippen molar-refractivity contribution in [3.8, 4) is 0 Å². The molecule has 10 heteroatoms. The Morgan fingerprint density at radius 2 is 0.821 bits per heavy atom. The van der Waals surface area contributed by atoms with E-state index in [1.165, 1.54) is 135 Å². The number of phosphoric ester groups is 1. The van der Waals surface area contributed by atoms with Gasteiger partial charge in [0.1, 0.15) is 6.61 Å². The van der Waals surface area contributed by atoms with Gasteiger partial charge in [-0.15, -0.1) is 0 Å². The first kappa shape index (κ1) is 64.5. The van der Waals surface area contributed by atoms with E-state index < -0.39 is 26.5 Å². The molecule has 0 fully saturated rings. The maximum Gasteiger partial charge on any atom is 0.472 e. The van der Waals surface area contributed by atoms with Gasteiger partial charge in [0.15, 0.2) is 6.10 Å². The molecule has 0 radical (unpaired) electrons. The van der Waals surface area contributed by atoms with E-state index in [9.17, 15) is 19.0 Å². The van der Waals surface area contributed by atoms with Gasteiger partial charge in [0.25, 0.3) is 0 Å². The summed E-state index contributed by atoms with van der Waals surface area (Å²) in [5, 5.41) is 0. The lowest BCUT2D eigenvalue weighted by Gasteiger charge is -2.19. The highest BCUT2D eigenvalue weighted by Gasteiger charge is 2.26. The number of carbonyl (C=O) groups is 2. The molecule has 0 saturated heterocycles. The second-order valence-corrected chi connectivity index (χ2v) is 19.5. The van der Waals surface area contributed by atoms with Crippen LogP contribution >= 0.6 is 7.82 Å². The molecule has 0 heterocycles. The van der Waals surface area contributed by atoms with E-state index in [0.717, 1.165) is 77.0 Å². The van der Waals surface area contributed by atoms with E-state index in [1.54, 1.807) is 0 Å². The number of nitrogens with two attached hydrogens (primary N) is 1. The Hall–Kier alpha value is -2.55. The van der Waals surface area contributed by atoms with E-state index in [0.29, 0.717) is 6.42 Å². The highest BCUT2D eigenvalue weighted by molar-refractivity contribution is 7.47. The zero-order valence-electron chi connectivity index (χ0n) is 43.1. The topological polar surface area (TPSA) is 134 Å². The molecule has 0 spiro atoms. The van der Waals surface area contributed by atoms with Gasteiger partial charge in [-0.3, -0.25) is 18.6 Å². The third-order valence-corrected chi connectivity index (χ3v) is 12.6. The van der Waals surface area contributed by atoms with Crippen molar-refractivity contribution in [2.24, 2.45) is 5.73 Å². The van der Waals surface area contributed by atoms with Gasteiger partial charge >= 0.3 is 19.8 Å². The summed E-state index contributed by atoms with van der Waals surface area (Å²) < 4.78 is 33.0. The van der Waals surface area contributed by atoms with Crippen LogP contribution in [0.25, 0.3) is 0 Å². The maximum absolute atomic E-state index is 12.7. The molecule has 3 N–H and O–H groups in total. The predicted octanol–water partition coefficient (Wildman–Crippen LogP) is 17.0. The number of phosphoric acid groups is 1. The normalized spacial score (nSPS) is 13.7. The van der Waals surface area contributed by atoms with Crippen LogP contribution in [-0.4, -0.2) is 49.3 Å². The molecule has 9 nitrogen and oxygen atoms in total. The average molecular weight is 960 g/mol. The number of carbonyl (C=O) groups excluding carboxylic acids is 2. The Bertz CT molecular complexity index is 1320. The summed E-state index contributed by atoms with van der Waals surface area (Å²) in [5.41, 5.74) is 5.37. The average Bonchev–Trinajstić information content (AvgIpc) is 3.32. The summed E-state index contributed by atoms with van der Waals surface area (Å²) in [6.07, 6.45) is 66.6. The first-order chi connectivity index (χ1) is 32.8. The largest absolute Gasteiger partial charge is 0.472 e. The van der Waals surface area contributed by atoms with Crippen molar-refractivity contribution in [3.05, 3.63) is 72.9 Å². The van der Waals surface area contributed by atoms with Crippen LogP contribution < -0.4 is 5.73 Å². The predicted molar refractivity (Wildman–Crippen MR) is 284 cm³/mol. The molecule has 2 unspecified atom stereocenters. The molecule has 0 rings (SSSR count). The van der Waals surface area contributed by atoms with Crippen LogP contribution in [0.2, 0.25) is 0 Å². The van der Waals surface area contributed by atoms with Gasteiger partial charge in [-0.25, -0.2) is 4.57 Å². The van der Waals surface area contributed by atoms with Gasteiger partial charge in [0.05, 0.1) is 13.2 Å². The van der Waals surface area contributed by atoms with Gasteiger partial charge in [0, 0.05) is 19.4 Å². The van der Waals surface area contributed by atoms with E-state index in [1.807, 2.05) is 0 Å². The zero-order chi connectivity index (χ0) is 48.8. The number of rotatable bonds is 51. The number of ether oxygens (including phenoxy) is 2. The smallest absolute Gasteiger partial charge is 0.462 e. The fourth-order valence-electron chi connectivity index (χ4n) is 7.54. The second-order valence-electron chi connectivity index (χ2n) is 18.1. The molecule has 0 aliphatic rings. The maximum atomic E-state index is 12.7. The first-order valence-electron chi connectivity index (χ1n) is 27.4. The molecular weight excluding hydrogens is 858 g/mol. The minimum atomic E-state index is -4.39. The number of hydrogen-bond donors (Lipinski definition) is 2. The van der Waals surface area contributed by atoms with E-state index in [-0.39, 0.29) is 38.6 Å². The molecule has 0 aliphatic carbocycles. The van der Waals surface area contributed by atoms with Crippen LogP contribution in [0.3, 0.4) is 0 Å². The van der Waals surface area contributed by atoms with Gasteiger partial charge in [-0.2, -0.15) is 0 Å². The fourth-order valence-corrected chi connectivity index (χ4v) is 8.31. The van der Waals surface area contributed by atoms with Crippen LogP contribution in [-0.2, 0) is 32.7 Å². The number of esters is 2. The molecular formula is C57H102NO8P. The summed E-state index contributed by atoms with van der Waals surface area (Å²) in [6.45, 7) is 3.62. The zero-order valence-corrected chi connectivity index (χ0v) is 44.0. The van der Waals surface area contributed by atoms with Crippen LogP contribution in [0, 0.1) is 0 Å². The van der Waals surface area contributed by atoms with Crippen molar-refractivity contribution in [2.45, 2.75) is 251 Å². The summed E-state index contributed by atoms with van der Waals surface area (Å²) in [7, 11) is -4.39. The van der Waals surface area contributed by atoms with Crippen LogP contribution in [0.5, 0.6) is 0 Å². The van der Waals surface area contributed by atoms with Crippen molar-refractivity contribution >= 4 is 19.8 Å². The third kappa shape index (κ3) is 52.7. The molecule has 388 valence electrons. The van der Waals surface area contributed by atoms with Crippen molar-refractivity contribution in [2.75, 3.05) is 26.4 Å². The Balaban J connectivity index is 4.01. The molecule has 67 heavy (non-hydrogen) atoms. The number of hydrogen-bond acceptors (Lipinski definition) is 8. The standard InChI is InChI=1S/C57H102NO8P/c1-3-5-7-9-11-13-15-17-19-21-23-25-26-27-28-30-31-33-35-37-39-41-43-45-47-49-56(59)63-53-55(54-65-67(61,62)64-52-51-58)66-57(60)50-48-46-44-42-40-38-36-34-32-29-24-22-20-18-16-14-12-10-8-6-4-2/h6,8,12,14-15,17-18,20-21,23-24,29,55H,3-5,7,9-11,13,16,19,22,25-28,30-54,58H2,1-2H3,(H,61,62)/b8-6-,14-12-,17-15-,20-18-,23-21-,29-24-. The molecule has 0 saturated carbocycles. The summed E-state index contributed by atoms with van der Waals surface area (Å²) in [6, 6.07) is 0. The summed E-state index contributed by atoms with van der Waals surface area (Å²) in [5.74, 6) is -0.835. The van der Waals surface area contributed by atoms with Gasteiger partial charge in [-0.1, -0.05) is 222 Å². The highest BCUT2D eigenvalue weighted by Crippen LogP contribution is 2.43. The minimum absolute atomic E-state index is 0.0493. The Morgan fingerprint density at radius 1 is 0.463 bits per heavy atom. The van der Waals surface area contributed by atoms with Crippen molar-refractivity contribution in [3.63, 3.8) is 0 Å². The second kappa shape index (κ2) is 52.8. The Kier molecular flexibility index (Phi) is 50.8. The van der Waals surface area contributed by atoms with Gasteiger partial charge in [-0.05, 0) is 83.5 Å². The lowest BCUT2D eigenvalue weighted by molar-refractivity contribution is -0.161. The Morgan fingerprint density at radius 3 is 1.22 bits per heavy atom. The molecule has 0 bridgehead atoms. The number of unbranched alkanes of at least 4 members (excludes halogenated alkanes) is 26. The van der Waals surface area contributed by atoms with Crippen LogP contribution in [0.15, 0.2) is 72.9 Å². The van der Waals surface area contributed by atoms with Crippen molar-refractivity contribution < 1.29 is 37.6 Å². The fraction of sp³-hybridized carbons (Fsp3) is 0.754. The SMILES string of the molecule is CC/C=C\C/C=C\C/C=C\C/C=C\CCCCCCCCCCC(=O)OC(COC(=O)CCCCCCCCCCCCCCC/C=C\C/C=C\CCCCCCC)COP(=O)(O)OCCN. The molecule has 0 aromatic carbocycles. The quantitative estimate of drug-likeness (QED) is 0.0264. The summed E-state index contributed by atoms with van der Waals surface area (Å²) >= 11 is 0. The Labute approximate surface area is 411 Å². The summed E-state index contributed by atoms with van der Waals surface area (Å²) in [4.78, 5) is 35.1. The van der Waals surface area contributed by atoms with Crippen LogP contribution in [0.4, 0.5) is 0 Å².